The Bertz CT molecular complexity index is 1170. The number of carboxylic acid groups (broad SMARTS) is 2. The van der Waals surface area contributed by atoms with Crippen LogP contribution >= 0.6 is 0 Å². The highest BCUT2D eigenvalue weighted by molar-refractivity contribution is 6.27. The lowest BCUT2D eigenvalue weighted by atomic mass is 9.91. The summed E-state index contributed by atoms with van der Waals surface area (Å²) in [6.07, 6.45) is 2.34. The molecular formula is C26H31N3O5. The van der Waals surface area contributed by atoms with E-state index in [-0.39, 0.29) is 5.91 Å². The number of hydrogen-bond acceptors (Lipinski definition) is 4. The van der Waals surface area contributed by atoms with Crippen molar-refractivity contribution in [2.24, 2.45) is 5.92 Å². The highest BCUT2D eigenvalue weighted by atomic mass is 16.4. The topological polar surface area (TPSA) is 114 Å². The van der Waals surface area contributed by atoms with Gasteiger partial charge in [-0.05, 0) is 63.0 Å². The van der Waals surface area contributed by atoms with Crippen LogP contribution in [0.25, 0.3) is 10.9 Å². The lowest BCUT2D eigenvalue weighted by Crippen LogP contribution is -2.43. The lowest BCUT2D eigenvalue weighted by molar-refractivity contribution is -0.159. The van der Waals surface area contributed by atoms with Crippen molar-refractivity contribution < 1.29 is 24.6 Å². The number of fused-ring (bicyclic) bond motifs is 2. The second kappa shape index (κ2) is 11.0. The molecule has 1 unspecified atom stereocenters. The van der Waals surface area contributed by atoms with Gasteiger partial charge in [-0.25, -0.2) is 9.59 Å². The number of nitrogens with zero attached hydrogens (tertiary/aromatic N) is 2. The summed E-state index contributed by atoms with van der Waals surface area (Å²) >= 11 is 0. The fourth-order valence-corrected chi connectivity index (χ4v) is 4.58. The summed E-state index contributed by atoms with van der Waals surface area (Å²) in [5.41, 5.74) is 5.96. The van der Waals surface area contributed by atoms with Gasteiger partial charge in [-0.3, -0.25) is 4.79 Å². The highest BCUT2D eigenvalue weighted by Gasteiger charge is 2.28. The average molecular weight is 466 g/mol. The first-order chi connectivity index (χ1) is 16.2. The van der Waals surface area contributed by atoms with Gasteiger partial charge < -0.3 is 25.0 Å². The Kier molecular flexibility index (Phi) is 8.07. The number of nitrogens with one attached hydrogen (secondary N) is 1. The van der Waals surface area contributed by atoms with Crippen LogP contribution in [0.1, 0.15) is 23.2 Å². The Balaban J connectivity index is 0.000000481. The molecule has 2 aromatic carbocycles. The molecule has 0 spiro atoms. The molecule has 4 rings (SSSR count). The van der Waals surface area contributed by atoms with E-state index in [0.717, 1.165) is 37.1 Å². The third-order valence-electron chi connectivity index (χ3n) is 5.96. The molecule has 8 nitrogen and oxygen atoms in total. The summed E-state index contributed by atoms with van der Waals surface area (Å²) in [6.45, 7) is 3.91. The standard InChI is InChI=1S/C24H29N3O.C2H2O4/c1-17-20(21-9-5-6-10-22(21)25-17)12-13-24(28)27-16-18(15-26(2)3)14-19-8-4-7-11-23(19)27;3-1(4)2(5)6/h4-11,18,25H,12-16H2,1-3H3;(H,3,4)(H,5,6). The number of aromatic amines is 1. The molecule has 180 valence electrons. The SMILES string of the molecule is Cc1[nH]c2ccccc2c1CCC(=O)N1CC(CN(C)C)Cc2ccccc21.O=C(O)C(=O)O. The second-order valence-corrected chi connectivity index (χ2v) is 8.85. The van der Waals surface area contributed by atoms with Crippen molar-refractivity contribution in [2.75, 3.05) is 32.1 Å². The summed E-state index contributed by atoms with van der Waals surface area (Å²) in [5.74, 6) is -2.95. The van der Waals surface area contributed by atoms with Crippen LogP contribution in [0.5, 0.6) is 0 Å². The van der Waals surface area contributed by atoms with Crippen LogP contribution in [0, 0.1) is 12.8 Å². The van der Waals surface area contributed by atoms with E-state index in [2.05, 4.69) is 67.3 Å². The van der Waals surface area contributed by atoms with Gasteiger partial charge in [-0.2, -0.15) is 0 Å². The van der Waals surface area contributed by atoms with Gasteiger partial charge in [-0.15, -0.1) is 0 Å². The fourth-order valence-electron chi connectivity index (χ4n) is 4.58. The largest absolute Gasteiger partial charge is 0.473 e. The number of hydrogen-bond donors (Lipinski definition) is 3. The molecule has 1 aromatic heterocycles. The number of aliphatic carboxylic acids is 2. The number of carbonyl (C=O) groups is 3. The number of carbonyl (C=O) groups excluding carboxylic acids is 1. The molecule has 3 N–H and O–H groups in total. The Labute approximate surface area is 198 Å². The number of carboxylic acids is 2. The number of anilines is 1. The van der Waals surface area contributed by atoms with Crippen molar-refractivity contribution >= 4 is 34.4 Å². The molecule has 1 aliphatic heterocycles. The van der Waals surface area contributed by atoms with E-state index >= 15 is 0 Å². The van der Waals surface area contributed by atoms with Crippen molar-refractivity contribution in [3.8, 4) is 0 Å². The summed E-state index contributed by atoms with van der Waals surface area (Å²) in [4.78, 5) is 39.1. The lowest BCUT2D eigenvalue weighted by Gasteiger charge is -2.36. The Hall–Kier alpha value is -3.65. The van der Waals surface area contributed by atoms with Crippen molar-refractivity contribution in [1.29, 1.82) is 0 Å². The Morgan fingerprint density at radius 1 is 1.03 bits per heavy atom. The molecule has 0 saturated carbocycles. The quantitative estimate of drug-likeness (QED) is 0.498. The van der Waals surface area contributed by atoms with Crippen LogP contribution in [0.2, 0.25) is 0 Å². The van der Waals surface area contributed by atoms with Crippen LogP contribution in [0.15, 0.2) is 48.5 Å². The number of aromatic nitrogens is 1. The molecule has 1 amide bonds. The average Bonchev–Trinajstić information content (AvgIpc) is 3.11. The minimum Gasteiger partial charge on any atom is -0.473 e. The van der Waals surface area contributed by atoms with Gasteiger partial charge in [0.15, 0.2) is 0 Å². The minimum atomic E-state index is -1.82. The number of aryl methyl sites for hydroxylation is 2. The van der Waals surface area contributed by atoms with Crippen molar-refractivity contribution in [2.45, 2.75) is 26.2 Å². The van der Waals surface area contributed by atoms with E-state index in [0.29, 0.717) is 12.3 Å². The van der Waals surface area contributed by atoms with E-state index in [1.165, 1.54) is 22.2 Å². The van der Waals surface area contributed by atoms with Gasteiger partial charge in [0.05, 0.1) is 0 Å². The Morgan fingerprint density at radius 2 is 1.68 bits per heavy atom. The summed E-state index contributed by atoms with van der Waals surface area (Å²) in [6, 6.07) is 16.7. The van der Waals surface area contributed by atoms with E-state index in [1.807, 2.05) is 17.0 Å². The molecule has 1 atom stereocenters. The van der Waals surface area contributed by atoms with Gasteiger partial charge >= 0.3 is 11.9 Å². The van der Waals surface area contributed by atoms with Crippen molar-refractivity contribution in [3.63, 3.8) is 0 Å². The number of para-hydroxylation sites is 2. The summed E-state index contributed by atoms with van der Waals surface area (Å²) in [7, 11) is 4.21. The molecule has 3 aromatic rings. The van der Waals surface area contributed by atoms with Gasteiger partial charge in [0.2, 0.25) is 5.91 Å². The van der Waals surface area contributed by atoms with Gasteiger partial charge in [0.1, 0.15) is 0 Å². The zero-order chi connectivity index (χ0) is 24.8. The first-order valence-electron chi connectivity index (χ1n) is 11.2. The third kappa shape index (κ3) is 6.02. The van der Waals surface area contributed by atoms with E-state index < -0.39 is 11.9 Å². The zero-order valence-corrected chi connectivity index (χ0v) is 19.7. The van der Waals surface area contributed by atoms with E-state index in [9.17, 15) is 4.79 Å². The van der Waals surface area contributed by atoms with Crippen LogP contribution in [0.4, 0.5) is 5.69 Å². The van der Waals surface area contributed by atoms with Gasteiger partial charge in [0, 0.05) is 41.8 Å². The van der Waals surface area contributed by atoms with Crippen LogP contribution in [0.3, 0.4) is 0 Å². The first kappa shape index (κ1) is 25.0. The van der Waals surface area contributed by atoms with Gasteiger partial charge in [-0.1, -0.05) is 36.4 Å². The molecule has 1 aliphatic rings. The number of H-pyrrole nitrogens is 1. The smallest absolute Gasteiger partial charge is 0.414 e. The maximum Gasteiger partial charge on any atom is 0.414 e. The van der Waals surface area contributed by atoms with Crippen LogP contribution < -0.4 is 4.90 Å². The zero-order valence-electron chi connectivity index (χ0n) is 19.7. The number of amides is 1. The highest BCUT2D eigenvalue weighted by Crippen LogP contribution is 2.31. The summed E-state index contributed by atoms with van der Waals surface area (Å²) < 4.78 is 0. The maximum absolute atomic E-state index is 13.2. The number of rotatable bonds is 5. The second-order valence-electron chi connectivity index (χ2n) is 8.85. The fraction of sp³-hybridized carbons (Fsp3) is 0.346. The molecule has 0 fully saturated rings. The van der Waals surface area contributed by atoms with E-state index in [1.54, 1.807) is 0 Å². The maximum atomic E-state index is 13.2. The molecule has 2 heterocycles. The first-order valence-corrected chi connectivity index (χ1v) is 11.2. The Morgan fingerprint density at radius 3 is 2.35 bits per heavy atom. The van der Waals surface area contributed by atoms with Crippen LogP contribution in [-0.4, -0.2) is 65.1 Å². The van der Waals surface area contributed by atoms with Gasteiger partial charge in [0.25, 0.3) is 0 Å². The molecule has 0 bridgehead atoms. The minimum absolute atomic E-state index is 0.223. The molecule has 0 saturated heterocycles. The summed E-state index contributed by atoms with van der Waals surface area (Å²) in [5, 5.41) is 16.0. The predicted octanol–water partition coefficient (Wildman–Crippen LogP) is 3.33. The molecule has 0 aliphatic carbocycles. The third-order valence-corrected chi connectivity index (χ3v) is 5.96. The molecule has 0 radical (unpaired) electrons. The van der Waals surface area contributed by atoms with Crippen molar-refractivity contribution in [1.82, 2.24) is 9.88 Å². The molecular weight excluding hydrogens is 434 g/mol. The molecule has 34 heavy (non-hydrogen) atoms. The molecule has 8 heteroatoms. The predicted molar refractivity (Wildman–Crippen MR) is 131 cm³/mol. The monoisotopic (exact) mass is 465 g/mol. The van der Waals surface area contributed by atoms with E-state index in [4.69, 9.17) is 19.8 Å². The number of benzene rings is 2. The van der Waals surface area contributed by atoms with Crippen molar-refractivity contribution in [3.05, 3.63) is 65.4 Å². The van der Waals surface area contributed by atoms with Crippen LogP contribution in [-0.2, 0) is 27.2 Å². The normalized spacial score (nSPS) is 14.9.